The summed E-state index contributed by atoms with van der Waals surface area (Å²) >= 11 is 0. The summed E-state index contributed by atoms with van der Waals surface area (Å²) in [6, 6.07) is 9.84. The van der Waals surface area contributed by atoms with Crippen LogP contribution in [0.3, 0.4) is 0 Å². The number of hydrogen-bond acceptors (Lipinski definition) is 4. The molecule has 1 saturated carbocycles. The zero-order valence-electron chi connectivity index (χ0n) is 13.6. The van der Waals surface area contributed by atoms with Crippen molar-refractivity contribution >= 4 is 5.97 Å². The van der Waals surface area contributed by atoms with Crippen molar-refractivity contribution in [2.75, 3.05) is 13.2 Å². The molecular formula is C19H24O4. The fourth-order valence-electron chi connectivity index (χ4n) is 3.09. The normalized spacial score (nSPS) is 28.7. The van der Waals surface area contributed by atoms with E-state index in [-0.39, 0.29) is 18.2 Å². The van der Waals surface area contributed by atoms with Crippen LogP contribution in [0.15, 0.2) is 42.5 Å². The minimum absolute atomic E-state index is 0.107. The number of carbonyl (C=O) groups excluding carboxylic acids is 1. The Morgan fingerprint density at radius 3 is 2.91 bits per heavy atom. The molecule has 1 saturated heterocycles. The molecule has 2 fully saturated rings. The van der Waals surface area contributed by atoms with E-state index in [1.54, 1.807) is 0 Å². The molecule has 4 nitrogen and oxygen atoms in total. The Balaban J connectivity index is 1.32. The molecule has 1 aromatic rings. The lowest BCUT2D eigenvalue weighted by Gasteiger charge is -2.22. The molecular weight excluding hydrogens is 292 g/mol. The molecule has 0 N–H and O–H groups in total. The lowest BCUT2D eigenvalue weighted by atomic mass is 9.83. The third-order valence-corrected chi connectivity index (χ3v) is 4.76. The van der Waals surface area contributed by atoms with Gasteiger partial charge in [-0.3, -0.25) is 0 Å². The summed E-state index contributed by atoms with van der Waals surface area (Å²) in [5.41, 5.74) is 1.54. The minimum atomic E-state index is -0.358. The van der Waals surface area contributed by atoms with Crippen molar-refractivity contribution in [3.8, 4) is 0 Å². The number of benzene rings is 1. The maximum absolute atomic E-state index is 12.0. The molecule has 1 aromatic carbocycles. The quantitative estimate of drug-likeness (QED) is 0.440. The Hall–Kier alpha value is -1.65. The van der Waals surface area contributed by atoms with Crippen LogP contribution in [-0.4, -0.2) is 30.9 Å². The van der Waals surface area contributed by atoms with E-state index in [1.165, 1.54) is 0 Å². The SMILES string of the molecule is C=C(COCc1ccccc1)C(=O)OCC1CCC2(C)OC2C1. The summed E-state index contributed by atoms with van der Waals surface area (Å²) in [5.74, 6) is 0.0423. The molecule has 0 amide bonds. The lowest BCUT2D eigenvalue weighted by Crippen LogP contribution is -2.25. The molecule has 23 heavy (non-hydrogen) atoms. The van der Waals surface area contributed by atoms with Gasteiger partial charge in [-0.15, -0.1) is 0 Å². The summed E-state index contributed by atoms with van der Waals surface area (Å²) in [4.78, 5) is 12.0. The van der Waals surface area contributed by atoms with E-state index in [2.05, 4.69) is 13.5 Å². The van der Waals surface area contributed by atoms with E-state index in [0.29, 0.717) is 30.8 Å². The second-order valence-corrected chi connectivity index (χ2v) is 6.74. The Morgan fingerprint density at radius 1 is 1.39 bits per heavy atom. The number of hydrogen-bond donors (Lipinski definition) is 0. The molecule has 124 valence electrons. The third kappa shape index (κ3) is 4.21. The van der Waals surface area contributed by atoms with Gasteiger partial charge in [-0.2, -0.15) is 0 Å². The maximum Gasteiger partial charge on any atom is 0.335 e. The van der Waals surface area contributed by atoms with Crippen molar-refractivity contribution in [1.82, 2.24) is 0 Å². The molecule has 1 aliphatic heterocycles. The Bertz CT molecular complexity index is 568. The smallest absolute Gasteiger partial charge is 0.335 e. The van der Waals surface area contributed by atoms with Crippen molar-refractivity contribution in [1.29, 1.82) is 0 Å². The molecule has 2 aliphatic rings. The van der Waals surface area contributed by atoms with Crippen molar-refractivity contribution in [3.63, 3.8) is 0 Å². The zero-order valence-corrected chi connectivity index (χ0v) is 13.6. The number of esters is 1. The summed E-state index contributed by atoms with van der Waals surface area (Å²) in [6.45, 7) is 7.03. The van der Waals surface area contributed by atoms with Crippen LogP contribution in [0.4, 0.5) is 0 Å². The van der Waals surface area contributed by atoms with Crippen molar-refractivity contribution in [2.45, 2.75) is 44.5 Å². The van der Waals surface area contributed by atoms with Crippen LogP contribution >= 0.6 is 0 Å². The number of rotatable bonds is 7. The second kappa shape index (κ2) is 6.85. The van der Waals surface area contributed by atoms with E-state index in [9.17, 15) is 4.79 Å². The van der Waals surface area contributed by atoms with Crippen LogP contribution in [0, 0.1) is 5.92 Å². The maximum atomic E-state index is 12.0. The molecule has 3 rings (SSSR count). The van der Waals surface area contributed by atoms with Crippen molar-refractivity contribution in [3.05, 3.63) is 48.0 Å². The van der Waals surface area contributed by atoms with Crippen LogP contribution < -0.4 is 0 Å². The molecule has 0 bridgehead atoms. The molecule has 4 heteroatoms. The first-order chi connectivity index (χ1) is 11.1. The Labute approximate surface area is 137 Å². The Kier molecular flexibility index (Phi) is 4.83. The average molecular weight is 316 g/mol. The standard InChI is InChI=1S/C19H24O4/c1-14(11-21-12-15-6-4-3-5-7-15)18(20)22-13-16-8-9-19(2)17(10-16)23-19/h3-7,16-17H,1,8-13H2,2H3. The Morgan fingerprint density at radius 2 is 2.17 bits per heavy atom. The second-order valence-electron chi connectivity index (χ2n) is 6.74. The van der Waals surface area contributed by atoms with Gasteiger partial charge >= 0.3 is 5.97 Å². The third-order valence-electron chi connectivity index (χ3n) is 4.76. The highest BCUT2D eigenvalue weighted by molar-refractivity contribution is 5.87. The molecule has 0 spiro atoms. The first kappa shape index (κ1) is 16.2. The van der Waals surface area contributed by atoms with E-state index in [0.717, 1.165) is 24.8 Å². The zero-order chi connectivity index (χ0) is 16.3. The largest absolute Gasteiger partial charge is 0.462 e. The number of ether oxygens (including phenoxy) is 3. The number of fused-ring (bicyclic) bond motifs is 1. The lowest BCUT2D eigenvalue weighted by molar-refractivity contribution is -0.141. The van der Waals surface area contributed by atoms with Crippen LogP contribution in [0.1, 0.15) is 31.7 Å². The van der Waals surface area contributed by atoms with Gasteiger partial charge in [0, 0.05) is 0 Å². The van der Waals surface area contributed by atoms with Gasteiger partial charge in [-0.05, 0) is 37.7 Å². The van der Waals surface area contributed by atoms with Gasteiger partial charge in [0.05, 0.1) is 37.1 Å². The first-order valence-electron chi connectivity index (χ1n) is 8.21. The number of epoxide rings is 1. The van der Waals surface area contributed by atoms with Crippen LogP contribution in [0.5, 0.6) is 0 Å². The highest BCUT2D eigenvalue weighted by atomic mass is 16.6. The molecule has 1 heterocycles. The van der Waals surface area contributed by atoms with E-state index in [1.807, 2.05) is 30.3 Å². The van der Waals surface area contributed by atoms with Crippen LogP contribution in [-0.2, 0) is 25.6 Å². The van der Waals surface area contributed by atoms with Crippen molar-refractivity contribution < 1.29 is 19.0 Å². The van der Waals surface area contributed by atoms with Gasteiger partial charge in [0.2, 0.25) is 0 Å². The van der Waals surface area contributed by atoms with Crippen LogP contribution in [0.25, 0.3) is 0 Å². The summed E-state index contributed by atoms with van der Waals surface area (Å²) in [7, 11) is 0. The first-order valence-corrected chi connectivity index (χ1v) is 8.21. The van der Waals surface area contributed by atoms with E-state index >= 15 is 0 Å². The summed E-state index contributed by atoms with van der Waals surface area (Å²) < 4.78 is 16.5. The molecule has 0 radical (unpaired) electrons. The van der Waals surface area contributed by atoms with Gasteiger partial charge in [-0.1, -0.05) is 36.9 Å². The van der Waals surface area contributed by atoms with Gasteiger partial charge < -0.3 is 14.2 Å². The molecule has 1 aliphatic carbocycles. The van der Waals surface area contributed by atoms with E-state index in [4.69, 9.17) is 14.2 Å². The highest BCUT2D eigenvalue weighted by Crippen LogP contribution is 2.49. The molecule has 3 atom stereocenters. The highest BCUT2D eigenvalue weighted by Gasteiger charge is 2.55. The fraction of sp³-hybridized carbons (Fsp3) is 0.526. The van der Waals surface area contributed by atoms with Gasteiger partial charge in [0.25, 0.3) is 0 Å². The predicted molar refractivity (Wildman–Crippen MR) is 86.8 cm³/mol. The monoisotopic (exact) mass is 316 g/mol. The summed E-state index contributed by atoms with van der Waals surface area (Å²) in [5, 5.41) is 0. The van der Waals surface area contributed by atoms with Gasteiger partial charge in [0.1, 0.15) is 0 Å². The van der Waals surface area contributed by atoms with Gasteiger partial charge in [0.15, 0.2) is 0 Å². The van der Waals surface area contributed by atoms with Crippen LogP contribution in [0.2, 0.25) is 0 Å². The van der Waals surface area contributed by atoms with E-state index < -0.39 is 0 Å². The number of carbonyl (C=O) groups is 1. The summed E-state index contributed by atoms with van der Waals surface area (Å²) in [6.07, 6.45) is 3.45. The topological polar surface area (TPSA) is 48.1 Å². The fourth-order valence-corrected chi connectivity index (χ4v) is 3.09. The average Bonchev–Trinajstić information content (AvgIpc) is 3.24. The van der Waals surface area contributed by atoms with Crippen molar-refractivity contribution in [2.24, 2.45) is 5.92 Å². The molecule has 3 unspecified atom stereocenters. The van der Waals surface area contributed by atoms with Gasteiger partial charge in [-0.25, -0.2) is 4.79 Å². The minimum Gasteiger partial charge on any atom is -0.462 e. The molecule has 0 aromatic heterocycles. The predicted octanol–water partition coefficient (Wildman–Crippen LogP) is 3.26.